The van der Waals surface area contributed by atoms with Crippen LogP contribution in [0.2, 0.25) is 19.6 Å². The number of benzene rings is 1. The fourth-order valence-corrected chi connectivity index (χ4v) is 1.68. The molecular weight excluding hydrogens is 188 g/mol. The van der Waals surface area contributed by atoms with Gasteiger partial charge in [-0.3, -0.25) is 4.79 Å². The van der Waals surface area contributed by atoms with E-state index in [1.165, 1.54) is 0 Å². The fraction of sp³-hybridized carbons (Fsp3) is 0.250. The second-order valence-electron chi connectivity index (χ2n) is 4.43. The smallest absolute Gasteiger partial charge is 0.185 e. The Balaban J connectivity index is 2.74. The highest BCUT2D eigenvalue weighted by Gasteiger charge is 2.08. The van der Waals surface area contributed by atoms with Crippen molar-refractivity contribution in [2.75, 3.05) is 0 Å². The molecule has 0 heterocycles. The zero-order chi connectivity index (χ0) is 10.6. The monoisotopic (exact) mass is 204 g/mol. The van der Waals surface area contributed by atoms with Gasteiger partial charge in [0.05, 0.1) is 8.07 Å². The summed E-state index contributed by atoms with van der Waals surface area (Å²) in [6.07, 6.45) is 1.71. The van der Waals surface area contributed by atoms with E-state index in [0.29, 0.717) is 0 Å². The Bertz CT molecular complexity index is 333. The molecule has 0 bridgehead atoms. The Hall–Kier alpha value is -1.15. The van der Waals surface area contributed by atoms with Gasteiger partial charge in [0.2, 0.25) is 0 Å². The van der Waals surface area contributed by atoms with Crippen LogP contribution < -0.4 is 0 Å². The van der Waals surface area contributed by atoms with E-state index in [1.54, 1.807) is 6.08 Å². The third-order valence-corrected chi connectivity index (χ3v) is 2.96. The second kappa shape index (κ2) is 4.38. The lowest BCUT2D eigenvalue weighted by Crippen LogP contribution is -2.16. The third-order valence-electron chi connectivity index (χ3n) is 1.79. The number of hydrogen-bond acceptors (Lipinski definition) is 1. The predicted molar refractivity (Wildman–Crippen MR) is 63.3 cm³/mol. The summed E-state index contributed by atoms with van der Waals surface area (Å²) < 4.78 is 0. The van der Waals surface area contributed by atoms with Crippen molar-refractivity contribution in [3.05, 3.63) is 47.7 Å². The number of carbonyl (C=O) groups is 1. The van der Waals surface area contributed by atoms with Gasteiger partial charge in [-0.25, -0.2) is 0 Å². The van der Waals surface area contributed by atoms with Gasteiger partial charge >= 0.3 is 0 Å². The summed E-state index contributed by atoms with van der Waals surface area (Å²) in [6, 6.07) is 9.37. The van der Waals surface area contributed by atoms with Gasteiger partial charge in [0.1, 0.15) is 0 Å². The maximum Gasteiger partial charge on any atom is 0.185 e. The Morgan fingerprint density at radius 2 is 1.71 bits per heavy atom. The lowest BCUT2D eigenvalue weighted by Gasteiger charge is -2.07. The molecule has 0 radical (unpaired) electrons. The first kappa shape index (κ1) is 10.9. The standard InChI is InChI=1S/C12H16OSi/c1-14(2,3)10-9-12(13)11-7-5-4-6-8-11/h4-10H,1-3H3/b10-9+. The molecule has 0 unspecified atom stereocenters. The Morgan fingerprint density at radius 3 is 2.21 bits per heavy atom. The van der Waals surface area contributed by atoms with Crippen LogP contribution in [0.1, 0.15) is 10.4 Å². The molecule has 2 heteroatoms. The van der Waals surface area contributed by atoms with Crippen LogP contribution in [0.5, 0.6) is 0 Å². The summed E-state index contributed by atoms with van der Waals surface area (Å²) in [6.45, 7) is 6.63. The van der Waals surface area contributed by atoms with Crippen molar-refractivity contribution in [1.29, 1.82) is 0 Å². The predicted octanol–water partition coefficient (Wildman–Crippen LogP) is 3.30. The van der Waals surface area contributed by atoms with Crippen LogP contribution in [0.3, 0.4) is 0 Å². The molecule has 0 saturated carbocycles. The molecule has 0 fully saturated rings. The highest BCUT2D eigenvalue weighted by atomic mass is 28.3. The zero-order valence-corrected chi connectivity index (χ0v) is 9.95. The van der Waals surface area contributed by atoms with Crippen molar-refractivity contribution >= 4 is 13.9 Å². The molecule has 1 aromatic carbocycles. The van der Waals surface area contributed by atoms with E-state index in [2.05, 4.69) is 25.3 Å². The van der Waals surface area contributed by atoms with Gasteiger partial charge in [-0.15, -0.1) is 0 Å². The van der Waals surface area contributed by atoms with Crippen LogP contribution in [0.15, 0.2) is 42.1 Å². The first-order valence-corrected chi connectivity index (χ1v) is 8.35. The SMILES string of the molecule is C[Si](C)(C)/C=C/C(=O)c1ccccc1. The maximum atomic E-state index is 11.6. The topological polar surface area (TPSA) is 17.1 Å². The van der Waals surface area contributed by atoms with Crippen molar-refractivity contribution in [2.24, 2.45) is 0 Å². The van der Waals surface area contributed by atoms with Crippen molar-refractivity contribution in [2.45, 2.75) is 19.6 Å². The minimum atomic E-state index is -1.25. The first-order valence-electron chi connectivity index (χ1n) is 4.78. The average molecular weight is 204 g/mol. The van der Waals surface area contributed by atoms with Crippen molar-refractivity contribution in [1.82, 2.24) is 0 Å². The van der Waals surface area contributed by atoms with E-state index in [9.17, 15) is 4.79 Å². The molecule has 0 amide bonds. The molecular formula is C12H16OSi. The van der Waals surface area contributed by atoms with Crippen LogP contribution in [0.25, 0.3) is 0 Å². The summed E-state index contributed by atoms with van der Waals surface area (Å²) in [7, 11) is -1.25. The van der Waals surface area contributed by atoms with Crippen molar-refractivity contribution in [3.63, 3.8) is 0 Å². The minimum absolute atomic E-state index is 0.105. The van der Waals surface area contributed by atoms with Crippen molar-refractivity contribution in [3.8, 4) is 0 Å². The number of ketones is 1. The number of allylic oxidation sites excluding steroid dienone is 1. The van der Waals surface area contributed by atoms with Crippen LogP contribution in [-0.4, -0.2) is 13.9 Å². The average Bonchev–Trinajstić information content (AvgIpc) is 2.14. The molecule has 14 heavy (non-hydrogen) atoms. The number of carbonyl (C=O) groups excluding carboxylic acids is 1. The second-order valence-corrected chi connectivity index (χ2v) is 9.50. The minimum Gasteiger partial charge on any atom is -0.289 e. The quantitative estimate of drug-likeness (QED) is 0.419. The highest BCUT2D eigenvalue weighted by molar-refractivity contribution is 6.81. The molecule has 0 aliphatic carbocycles. The summed E-state index contributed by atoms with van der Waals surface area (Å²) in [4.78, 5) is 11.6. The van der Waals surface area contributed by atoms with Gasteiger partial charge in [-0.1, -0.05) is 55.7 Å². The van der Waals surface area contributed by atoms with Crippen LogP contribution in [-0.2, 0) is 0 Å². The molecule has 0 N–H and O–H groups in total. The molecule has 0 saturated heterocycles. The van der Waals surface area contributed by atoms with Gasteiger partial charge in [0, 0.05) is 5.56 Å². The Morgan fingerprint density at radius 1 is 1.14 bits per heavy atom. The summed E-state index contributed by atoms with van der Waals surface area (Å²) in [5, 5.41) is 0. The summed E-state index contributed by atoms with van der Waals surface area (Å²) >= 11 is 0. The van der Waals surface area contributed by atoms with Gasteiger partial charge in [0.25, 0.3) is 0 Å². The van der Waals surface area contributed by atoms with E-state index in [-0.39, 0.29) is 5.78 Å². The van der Waals surface area contributed by atoms with E-state index in [1.807, 2.05) is 30.3 Å². The van der Waals surface area contributed by atoms with Gasteiger partial charge in [0.15, 0.2) is 5.78 Å². The molecule has 1 aromatic rings. The molecule has 0 aliphatic rings. The lowest BCUT2D eigenvalue weighted by atomic mass is 10.1. The van der Waals surface area contributed by atoms with E-state index < -0.39 is 8.07 Å². The van der Waals surface area contributed by atoms with E-state index in [0.717, 1.165) is 5.56 Å². The third kappa shape index (κ3) is 3.71. The molecule has 1 nitrogen and oxygen atoms in total. The normalized spacial score (nSPS) is 11.9. The molecule has 0 spiro atoms. The molecule has 0 aromatic heterocycles. The largest absolute Gasteiger partial charge is 0.289 e. The van der Waals surface area contributed by atoms with Crippen LogP contribution in [0, 0.1) is 0 Å². The Kier molecular flexibility index (Phi) is 3.41. The molecule has 0 aliphatic heterocycles. The fourth-order valence-electron chi connectivity index (χ4n) is 1.02. The van der Waals surface area contributed by atoms with Gasteiger partial charge < -0.3 is 0 Å². The molecule has 74 valence electrons. The van der Waals surface area contributed by atoms with E-state index >= 15 is 0 Å². The molecule has 1 rings (SSSR count). The summed E-state index contributed by atoms with van der Waals surface area (Å²) in [5.41, 5.74) is 2.84. The highest BCUT2D eigenvalue weighted by Crippen LogP contribution is 2.05. The number of rotatable bonds is 3. The van der Waals surface area contributed by atoms with Gasteiger partial charge in [-0.05, 0) is 6.08 Å². The first-order chi connectivity index (χ1) is 6.49. The van der Waals surface area contributed by atoms with E-state index in [4.69, 9.17) is 0 Å². The van der Waals surface area contributed by atoms with Gasteiger partial charge in [-0.2, -0.15) is 0 Å². The zero-order valence-electron chi connectivity index (χ0n) is 8.95. The maximum absolute atomic E-state index is 11.6. The molecule has 0 atom stereocenters. The lowest BCUT2D eigenvalue weighted by molar-refractivity contribution is 0.104. The number of hydrogen-bond donors (Lipinski definition) is 0. The van der Waals surface area contributed by atoms with Crippen LogP contribution in [0.4, 0.5) is 0 Å². The Labute approximate surface area is 86.5 Å². The van der Waals surface area contributed by atoms with Crippen LogP contribution >= 0.6 is 0 Å². The summed E-state index contributed by atoms with van der Waals surface area (Å²) in [5.74, 6) is 0.105. The van der Waals surface area contributed by atoms with Crippen molar-refractivity contribution < 1.29 is 4.79 Å².